The summed E-state index contributed by atoms with van der Waals surface area (Å²) in [5.41, 5.74) is 1.47. The molecule has 1 heterocycles. The number of benzene rings is 2. The fourth-order valence-corrected chi connectivity index (χ4v) is 3.07. The molecule has 2 N–H and O–H groups in total. The lowest BCUT2D eigenvalue weighted by Gasteiger charge is -2.08. The van der Waals surface area contributed by atoms with Crippen molar-refractivity contribution in [2.75, 3.05) is 5.32 Å². The van der Waals surface area contributed by atoms with Crippen LogP contribution in [0.1, 0.15) is 10.6 Å². The molecule has 8 heteroatoms. The summed E-state index contributed by atoms with van der Waals surface area (Å²) in [6, 6.07) is 15.8. The third-order valence-electron chi connectivity index (χ3n) is 3.34. The molecule has 0 aliphatic rings. The molecule has 1 amide bonds. The SMILES string of the molecule is O=C(NC(=S)Nc1cccc(Br)c1)c1ccc(-c2ccc(Cl)c(Cl)c2)o1. The lowest BCUT2D eigenvalue weighted by Crippen LogP contribution is -2.33. The van der Waals surface area contributed by atoms with Crippen LogP contribution in [0.5, 0.6) is 0 Å². The van der Waals surface area contributed by atoms with Crippen LogP contribution in [0.3, 0.4) is 0 Å². The molecular formula is C18H11BrCl2N2O2S. The molecule has 3 rings (SSSR count). The van der Waals surface area contributed by atoms with E-state index in [1.54, 1.807) is 30.3 Å². The van der Waals surface area contributed by atoms with Gasteiger partial charge in [0.1, 0.15) is 5.76 Å². The first-order valence-corrected chi connectivity index (χ1v) is 9.31. The van der Waals surface area contributed by atoms with E-state index >= 15 is 0 Å². The average Bonchev–Trinajstić information content (AvgIpc) is 3.07. The Balaban J connectivity index is 1.67. The van der Waals surface area contributed by atoms with Crippen molar-refractivity contribution in [3.63, 3.8) is 0 Å². The Morgan fingerprint density at radius 3 is 2.58 bits per heavy atom. The van der Waals surface area contributed by atoms with Gasteiger partial charge in [0.15, 0.2) is 10.9 Å². The van der Waals surface area contributed by atoms with E-state index in [1.165, 1.54) is 0 Å². The summed E-state index contributed by atoms with van der Waals surface area (Å²) in [5.74, 6) is 0.174. The summed E-state index contributed by atoms with van der Waals surface area (Å²) in [7, 11) is 0. The monoisotopic (exact) mass is 468 g/mol. The Hall–Kier alpha value is -1.86. The van der Waals surface area contributed by atoms with Crippen molar-refractivity contribution in [3.05, 3.63) is 74.9 Å². The summed E-state index contributed by atoms with van der Waals surface area (Å²) in [5, 5.41) is 6.53. The minimum atomic E-state index is -0.455. The number of halogens is 3. The van der Waals surface area contributed by atoms with Crippen LogP contribution in [0.2, 0.25) is 10.0 Å². The predicted octanol–water partition coefficient (Wildman–Crippen LogP) is 6.14. The summed E-state index contributed by atoms with van der Waals surface area (Å²) in [6.45, 7) is 0. The molecule has 0 saturated carbocycles. The molecule has 4 nitrogen and oxygen atoms in total. The molecule has 0 aliphatic heterocycles. The highest BCUT2D eigenvalue weighted by Crippen LogP contribution is 2.29. The summed E-state index contributed by atoms with van der Waals surface area (Å²) in [6.07, 6.45) is 0. The molecule has 3 aromatic rings. The van der Waals surface area contributed by atoms with E-state index in [0.29, 0.717) is 21.4 Å². The summed E-state index contributed by atoms with van der Waals surface area (Å²) < 4.78 is 6.49. The molecule has 0 atom stereocenters. The number of carbonyl (C=O) groups excluding carboxylic acids is 1. The number of furan rings is 1. The first kappa shape index (κ1) is 18.9. The van der Waals surface area contributed by atoms with Crippen molar-refractivity contribution >= 4 is 68.1 Å². The van der Waals surface area contributed by atoms with Crippen molar-refractivity contribution in [2.45, 2.75) is 0 Å². The minimum Gasteiger partial charge on any atom is -0.451 e. The van der Waals surface area contributed by atoms with Gasteiger partial charge in [-0.2, -0.15) is 0 Å². The topological polar surface area (TPSA) is 54.3 Å². The van der Waals surface area contributed by atoms with E-state index in [0.717, 1.165) is 10.2 Å². The van der Waals surface area contributed by atoms with E-state index in [-0.39, 0.29) is 10.9 Å². The second-order valence-electron chi connectivity index (χ2n) is 5.21. The Bertz CT molecular complexity index is 991. The van der Waals surface area contributed by atoms with Gasteiger partial charge in [-0.1, -0.05) is 45.2 Å². The highest BCUT2D eigenvalue weighted by molar-refractivity contribution is 9.10. The van der Waals surface area contributed by atoms with E-state index in [9.17, 15) is 4.79 Å². The van der Waals surface area contributed by atoms with Gasteiger partial charge in [0.05, 0.1) is 10.0 Å². The number of amides is 1. The highest BCUT2D eigenvalue weighted by Gasteiger charge is 2.14. The third-order valence-corrected chi connectivity index (χ3v) is 4.78. The molecule has 0 spiro atoms. The normalized spacial score (nSPS) is 10.4. The van der Waals surface area contributed by atoms with Gasteiger partial charge in [-0.15, -0.1) is 0 Å². The number of rotatable bonds is 3. The Labute approximate surface area is 173 Å². The molecular weight excluding hydrogens is 459 g/mol. The van der Waals surface area contributed by atoms with Crippen LogP contribution in [0, 0.1) is 0 Å². The van der Waals surface area contributed by atoms with E-state index in [4.69, 9.17) is 39.8 Å². The van der Waals surface area contributed by atoms with Gasteiger partial charge in [0, 0.05) is 15.7 Å². The van der Waals surface area contributed by atoms with Gasteiger partial charge >= 0.3 is 0 Å². The van der Waals surface area contributed by atoms with Crippen LogP contribution in [0.15, 0.2) is 63.5 Å². The van der Waals surface area contributed by atoms with Gasteiger partial charge in [0.2, 0.25) is 0 Å². The molecule has 2 aromatic carbocycles. The molecule has 0 unspecified atom stereocenters. The van der Waals surface area contributed by atoms with Gasteiger partial charge in [-0.3, -0.25) is 10.1 Å². The molecule has 0 aliphatic carbocycles. The third kappa shape index (κ3) is 4.65. The smallest absolute Gasteiger partial charge is 0.293 e. The first-order chi connectivity index (χ1) is 12.4. The fourth-order valence-electron chi connectivity index (χ4n) is 2.16. The van der Waals surface area contributed by atoms with Crippen LogP contribution in [-0.4, -0.2) is 11.0 Å². The Morgan fingerprint density at radius 2 is 1.85 bits per heavy atom. The molecule has 0 saturated heterocycles. The summed E-state index contributed by atoms with van der Waals surface area (Å²) in [4.78, 5) is 12.3. The maximum absolute atomic E-state index is 12.3. The van der Waals surface area contributed by atoms with E-state index < -0.39 is 5.91 Å². The van der Waals surface area contributed by atoms with E-state index in [2.05, 4.69) is 26.6 Å². The van der Waals surface area contributed by atoms with Gasteiger partial charge in [-0.05, 0) is 60.7 Å². The van der Waals surface area contributed by atoms with Gasteiger partial charge < -0.3 is 9.73 Å². The van der Waals surface area contributed by atoms with Crippen molar-refractivity contribution in [2.24, 2.45) is 0 Å². The molecule has 1 aromatic heterocycles. The number of hydrogen-bond donors (Lipinski definition) is 2. The molecule has 0 bridgehead atoms. The Morgan fingerprint density at radius 1 is 1.04 bits per heavy atom. The fraction of sp³-hybridized carbons (Fsp3) is 0. The molecule has 0 radical (unpaired) electrons. The predicted molar refractivity (Wildman–Crippen MR) is 112 cm³/mol. The minimum absolute atomic E-state index is 0.129. The largest absolute Gasteiger partial charge is 0.451 e. The lowest BCUT2D eigenvalue weighted by molar-refractivity contribution is 0.0951. The standard InChI is InChI=1S/C18H11BrCl2N2O2S/c19-11-2-1-3-12(9-11)22-18(26)23-17(24)16-7-6-15(25-16)10-4-5-13(20)14(21)8-10/h1-9H,(H2,22,23,24,26). The van der Waals surface area contributed by atoms with Crippen LogP contribution < -0.4 is 10.6 Å². The van der Waals surface area contributed by atoms with Crippen LogP contribution >= 0.6 is 51.3 Å². The number of nitrogens with one attached hydrogen (secondary N) is 2. The first-order valence-electron chi connectivity index (χ1n) is 7.35. The van der Waals surface area contributed by atoms with Crippen molar-refractivity contribution < 1.29 is 9.21 Å². The number of carbonyl (C=O) groups is 1. The Kier molecular flexibility index (Phi) is 5.98. The number of anilines is 1. The van der Waals surface area contributed by atoms with Crippen LogP contribution in [0.25, 0.3) is 11.3 Å². The van der Waals surface area contributed by atoms with Crippen molar-refractivity contribution in [1.29, 1.82) is 0 Å². The molecule has 26 heavy (non-hydrogen) atoms. The summed E-state index contributed by atoms with van der Waals surface area (Å²) >= 11 is 20.4. The zero-order valence-corrected chi connectivity index (χ0v) is 17.0. The molecule has 0 fully saturated rings. The van der Waals surface area contributed by atoms with Gasteiger partial charge in [-0.25, -0.2) is 0 Å². The van der Waals surface area contributed by atoms with Crippen LogP contribution in [0.4, 0.5) is 5.69 Å². The van der Waals surface area contributed by atoms with Gasteiger partial charge in [0.25, 0.3) is 5.91 Å². The second-order valence-corrected chi connectivity index (χ2v) is 7.35. The highest BCUT2D eigenvalue weighted by atomic mass is 79.9. The average molecular weight is 470 g/mol. The maximum atomic E-state index is 12.3. The van der Waals surface area contributed by atoms with Crippen LogP contribution in [-0.2, 0) is 0 Å². The number of hydrogen-bond acceptors (Lipinski definition) is 3. The maximum Gasteiger partial charge on any atom is 0.293 e. The zero-order chi connectivity index (χ0) is 18.7. The lowest BCUT2D eigenvalue weighted by atomic mass is 10.2. The quantitative estimate of drug-likeness (QED) is 0.452. The van der Waals surface area contributed by atoms with Crippen molar-refractivity contribution in [3.8, 4) is 11.3 Å². The van der Waals surface area contributed by atoms with Crippen molar-refractivity contribution in [1.82, 2.24) is 5.32 Å². The molecule has 132 valence electrons. The zero-order valence-electron chi connectivity index (χ0n) is 13.1. The number of thiocarbonyl (C=S) groups is 1. The second kappa shape index (κ2) is 8.22. The van der Waals surface area contributed by atoms with E-state index in [1.807, 2.05) is 24.3 Å².